The van der Waals surface area contributed by atoms with Crippen LogP contribution in [0.15, 0.2) is 66.9 Å². The summed E-state index contributed by atoms with van der Waals surface area (Å²) in [5.74, 6) is -0.905. The van der Waals surface area contributed by atoms with Crippen LogP contribution in [0.25, 0.3) is 6.08 Å². The summed E-state index contributed by atoms with van der Waals surface area (Å²) in [6.45, 7) is 2.39. The Bertz CT molecular complexity index is 1070. The van der Waals surface area contributed by atoms with Gasteiger partial charge in [-0.2, -0.15) is 0 Å². The Hall–Kier alpha value is -3.74. The first kappa shape index (κ1) is 22.0. The first-order chi connectivity index (χ1) is 15.0. The molecule has 0 bridgehead atoms. The second-order valence-corrected chi connectivity index (χ2v) is 6.52. The molecule has 3 rings (SSSR count). The molecule has 160 valence electrons. The van der Waals surface area contributed by atoms with Gasteiger partial charge in [0.15, 0.2) is 11.5 Å². The minimum atomic E-state index is -0.833. The van der Waals surface area contributed by atoms with E-state index in [1.807, 2.05) is 6.92 Å². The molecule has 0 aliphatic rings. The molecular formula is C24H22F2N2O3. The quantitative estimate of drug-likeness (QED) is 0.477. The molecule has 0 saturated heterocycles. The SMILES string of the molecule is CCOc1ccc(/C=C/C(=O)N(Cc2ccccn2)c2ccc(F)cc2F)cc1OC. The summed E-state index contributed by atoms with van der Waals surface area (Å²) in [6.07, 6.45) is 4.50. The second kappa shape index (κ2) is 10.3. The first-order valence-electron chi connectivity index (χ1n) is 9.67. The van der Waals surface area contributed by atoms with Crippen molar-refractivity contribution < 1.29 is 23.0 Å². The van der Waals surface area contributed by atoms with Gasteiger partial charge in [0, 0.05) is 18.3 Å². The summed E-state index contributed by atoms with van der Waals surface area (Å²) in [6, 6.07) is 13.6. The average Bonchev–Trinajstić information content (AvgIpc) is 2.78. The van der Waals surface area contributed by atoms with E-state index >= 15 is 0 Å². The molecule has 0 atom stereocenters. The average molecular weight is 424 g/mol. The normalized spacial score (nSPS) is 10.8. The zero-order valence-electron chi connectivity index (χ0n) is 17.2. The molecular weight excluding hydrogens is 402 g/mol. The second-order valence-electron chi connectivity index (χ2n) is 6.52. The minimum Gasteiger partial charge on any atom is -0.493 e. The van der Waals surface area contributed by atoms with Crippen LogP contribution < -0.4 is 14.4 Å². The van der Waals surface area contributed by atoms with Crippen molar-refractivity contribution >= 4 is 17.7 Å². The summed E-state index contributed by atoms with van der Waals surface area (Å²) in [5.41, 5.74) is 1.23. The van der Waals surface area contributed by atoms with Crippen LogP contribution in [-0.2, 0) is 11.3 Å². The maximum atomic E-state index is 14.4. The van der Waals surface area contributed by atoms with Crippen LogP contribution in [0.3, 0.4) is 0 Å². The van der Waals surface area contributed by atoms with Gasteiger partial charge in [-0.1, -0.05) is 12.1 Å². The number of halogens is 2. The van der Waals surface area contributed by atoms with Gasteiger partial charge in [0.05, 0.1) is 31.6 Å². The van der Waals surface area contributed by atoms with Gasteiger partial charge in [0.1, 0.15) is 11.6 Å². The number of hydrogen-bond acceptors (Lipinski definition) is 4. The largest absolute Gasteiger partial charge is 0.493 e. The summed E-state index contributed by atoms with van der Waals surface area (Å²) in [7, 11) is 1.53. The van der Waals surface area contributed by atoms with Crippen molar-refractivity contribution in [2.24, 2.45) is 0 Å². The summed E-state index contributed by atoms with van der Waals surface area (Å²) < 4.78 is 38.6. The Kier molecular flexibility index (Phi) is 7.32. The van der Waals surface area contributed by atoms with Gasteiger partial charge in [0.25, 0.3) is 5.91 Å². The lowest BCUT2D eigenvalue weighted by atomic mass is 10.1. The molecule has 1 amide bonds. The van der Waals surface area contributed by atoms with E-state index < -0.39 is 17.5 Å². The number of ether oxygens (including phenoxy) is 2. The molecule has 0 fully saturated rings. The highest BCUT2D eigenvalue weighted by molar-refractivity contribution is 6.03. The van der Waals surface area contributed by atoms with Crippen molar-refractivity contribution in [3.63, 3.8) is 0 Å². The van der Waals surface area contributed by atoms with Crippen molar-refractivity contribution in [3.8, 4) is 11.5 Å². The molecule has 0 aliphatic heterocycles. The van der Waals surface area contributed by atoms with Crippen molar-refractivity contribution in [3.05, 3.63) is 89.8 Å². The monoisotopic (exact) mass is 424 g/mol. The van der Waals surface area contributed by atoms with Gasteiger partial charge in [0.2, 0.25) is 0 Å². The fraction of sp³-hybridized carbons (Fsp3) is 0.167. The number of rotatable bonds is 8. The van der Waals surface area contributed by atoms with Crippen LogP contribution in [0, 0.1) is 11.6 Å². The van der Waals surface area contributed by atoms with Crippen LogP contribution in [0.4, 0.5) is 14.5 Å². The van der Waals surface area contributed by atoms with E-state index in [9.17, 15) is 13.6 Å². The van der Waals surface area contributed by atoms with Gasteiger partial charge >= 0.3 is 0 Å². The fourth-order valence-electron chi connectivity index (χ4n) is 2.96. The van der Waals surface area contributed by atoms with Crippen LogP contribution in [0.1, 0.15) is 18.2 Å². The highest BCUT2D eigenvalue weighted by atomic mass is 19.1. The van der Waals surface area contributed by atoms with Crippen molar-refractivity contribution in [2.75, 3.05) is 18.6 Å². The third kappa shape index (κ3) is 5.66. The Morgan fingerprint density at radius 3 is 2.61 bits per heavy atom. The topological polar surface area (TPSA) is 51.7 Å². The van der Waals surface area contributed by atoms with E-state index in [0.29, 0.717) is 29.4 Å². The molecule has 0 saturated carbocycles. The lowest BCUT2D eigenvalue weighted by molar-refractivity contribution is -0.114. The van der Waals surface area contributed by atoms with E-state index in [1.54, 1.807) is 48.7 Å². The van der Waals surface area contributed by atoms with Crippen molar-refractivity contribution in [2.45, 2.75) is 13.5 Å². The lowest BCUT2D eigenvalue weighted by Crippen LogP contribution is -2.30. The van der Waals surface area contributed by atoms with E-state index in [4.69, 9.17) is 9.47 Å². The molecule has 0 aliphatic carbocycles. The van der Waals surface area contributed by atoms with E-state index in [0.717, 1.165) is 12.1 Å². The molecule has 1 heterocycles. The number of carbonyl (C=O) groups is 1. The van der Waals surface area contributed by atoms with Gasteiger partial charge in [-0.3, -0.25) is 14.7 Å². The molecule has 0 N–H and O–H groups in total. The maximum Gasteiger partial charge on any atom is 0.251 e. The number of nitrogens with zero attached hydrogens (tertiary/aromatic N) is 2. The zero-order valence-corrected chi connectivity index (χ0v) is 17.2. The Morgan fingerprint density at radius 1 is 1.10 bits per heavy atom. The molecule has 5 nitrogen and oxygen atoms in total. The Labute approximate surface area is 179 Å². The number of amides is 1. The lowest BCUT2D eigenvalue weighted by Gasteiger charge is -2.21. The molecule has 2 aromatic carbocycles. The number of hydrogen-bond donors (Lipinski definition) is 0. The molecule has 3 aromatic rings. The van der Waals surface area contributed by atoms with Crippen molar-refractivity contribution in [1.82, 2.24) is 4.98 Å². The molecule has 7 heteroatoms. The van der Waals surface area contributed by atoms with Gasteiger partial charge in [-0.05, 0) is 55.0 Å². The standard InChI is InChI=1S/C24H22F2N2O3/c1-3-31-22-11-7-17(14-23(22)30-2)8-12-24(29)28(16-19-6-4-5-13-27-19)21-10-9-18(25)15-20(21)26/h4-15H,3,16H2,1-2H3/b12-8+. The molecule has 0 spiro atoms. The summed E-state index contributed by atoms with van der Waals surface area (Å²) in [4.78, 5) is 18.4. The molecule has 0 unspecified atom stereocenters. The number of anilines is 1. The van der Waals surface area contributed by atoms with Crippen LogP contribution in [0.5, 0.6) is 11.5 Å². The third-order valence-electron chi connectivity index (χ3n) is 4.42. The molecule has 0 radical (unpaired) electrons. The smallest absolute Gasteiger partial charge is 0.251 e. The highest BCUT2D eigenvalue weighted by Crippen LogP contribution is 2.29. The van der Waals surface area contributed by atoms with E-state index in [2.05, 4.69) is 4.98 Å². The number of methoxy groups -OCH3 is 1. The predicted molar refractivity (Wildman–Crippen MR) is 115 cm³/mol. The molecule has 31 heavy (non-hydrogen) atoms. The highest BCUT2D eigenvalue weighted by Gasteiger charge is 2.19. The van der Waals surface area contributed by atoms with Gasteiger partial charge < -0.3 is 9.47 Å². The van der Waals surface area contributed by atoms with E-state index in [1.165, 1.54) is 24.2 Å². The summed E-state index contributed by atoms with van der Waals surface area (Å²) >= 11 is 0. The van der Waals surface area contributed by atoms with Gasteiger partial charge in [-0.25, -0.2) is 8.78 Å². The van der Waals surface area contributed by atoms with Crippen LogP contribution >= 0.6 is 0 Å². The van der Waals surface area contributed by atoms with Gasteiger partial charge in [-0.15, -0.1) is 0 Å². The number of benzene rings is 2. The third-order valence-corrected chi connectivity index (χ3v) is 4.42. The Balaban J connectivity index is 1.89. The zero-order chi connectivity index (χ0) is 22.2. The number of carbonyl (C=O) groups excluding carboxylic acids is 1. The fourth-order valence-corrected chi connectivity index (χ4v) is 2.96. The van der Waals surface area contributed by atoms with Crippen LogP contribution in [-0.4, -0.2) is 24.6 Å². The Morgan fingerprint density at radius 2 is 1.94 bits per heavy atom. The van der Waals surface area contributed by atoms with Crippen molar-refractivity contribution in [1.29, 1.82) is 0 Å². The molecule has 1 aromatic heterocycles. The minimum absolute atomic E-state index is 0.0269. The maximum absolute atomic E-state index is 14.4. The number of aromatic nitrogens is 1. The summed E-state index contributed by atoms with van der Waals surface area (Å²) in [5, 5.41) is 0. The van der Waals surface area contributed by atoms with E-state index in [-0.39, 0.29) is 12.2 Å². The predicted octanol–water partition coefficient (Wildman–Crippen LogP) is 5.01. The van der Waals surface area contributed by atoms with Crippen LogP contribution in [0.2, 0.25) is 0 Å². The first-order valence-corrected chi connectivity index (χ1v) is 9.67. The number of pyridine rings is 1.